The molecule has 0 unspecified atom stereocenters. The number of benzene rings is 2. The van der Waals surface area contributed by atoms with Crippen LogP contribution in [0.1, 0.15) is 17.3 Å². The molecule has 0 aliphatic carbocycles. The van der Waals surface area contributed by atoms with Gasteiger partial charge < -0.3 is 14.8 Å². The van der Waals surface area contributed by atoms with Gasteiger partial charge in [-0.2, -0.15) is 8.78 Å². The zero-order chi connectivity index (χ0) is 17.7. The summed E-state index contributed by atoms with van der Waals surface area (Å²) < 4.78 is 35.2. The van der Waals surface area contributed by atoms with Crippen molar-refractivity contribution >= 4 is 39.1 Å². The van der Waals surface area contributed by atoms with Gasteiger partial charge in [-0.05, 0) is 43.3 Å². The zero-order valence-electron chi connectivity index (χ0n) is 12.5. The number of alkyl halides is 2. The average Bonchev–Trinajstić information content (AvgIpc) is 2.51. The van der Waals surface area contributed by atoms with Crippen molar-refractivity contribution in [3.63, 3.8) is 0 Å². The van der Waals surface area contributed by atoms with E-state index in [1.165, 1.54) is 18.2 Å². The van der Waals surface area contributed by atoms with E-state index in [-0.39, 0.29) is 23.7 Å². The Kier molecular flexibility index (Phi) is 6.39. The molecule has 0 heterocycles. The number of hydrogen-bond acceptors (Lipinski definition) is 3. The van der Waals surface area contributed by atoms with Crippen molar-refractivity contribution in [1.82, 2.24) is 0 Å². The van der Waals surface area contributed by atoms with Gasteiger partial charge in [0.25, 0.3) is 5.91 Å². The van der Waals surface area contributed by atoms with Crippen molar-refractivity contribution in [2.75, 3.05) is 11.9 Å². The highest BCUT2D eigenvalue weighted by atomic mass is 79.9. The molecule has 0 bridgehead atoms. The van der Waals surface area contributed by atoms with Gasteiger partial charge in [-0.1, -0.05) is 27.5 Å². The number of halogens is 4. The lowest BCUT2D eigenvalue weighted by atomic mass is 10.2. The summed E-state index contributed by atoms with van der Waals surface area (Å²) in [5.74, 6) is -0.527. The fraction of sp³-hybridized carbons (Fsp3) is 0.188. The highest BCUT2D eigenvalue weighted by Crippen LogP contribution is 2.31. The van der Waals surface area contributed by atoms with Crippen LogP contribution in [0.3, 0.4) is 0 Å². The van der Waals surface area contributed by atoms with Gasteiger partial charge in [-0.25, -0.2) is 0 Å². The Morgan fingerprint density at radius 2 is 2.00 bits per heavy atom. The molecule has 4 nitrogen and oxygen atoms in total. The Labute approximate surface area is 150 Å². The first kappa shape index (κ1) is 18.5. The molecule has 0 fully saturated rings. The molecule has 0 aliphatic heterocycles. The molecular weight excluding hydrogens is 408 g/mol. The van der Waals surface area contributed by atoms with Crippen molar-refractivity contribution in [2.24, 2.45) is 0 Å². The van der Waals surface area contributed by atoms with E-state index in [4.69, 9.17) is 16.3 Å². The Morgan fingerprint density at radius 1 is 1.25 bits per heavy atom. The number of carbonyl (C=O) groups is 1. The summed E-state index contributed by atoms with van der Waals surface area (Å²) in [6.07, 6.45) is 0. The second-order valence-corrected chi connectivity index (χ2v) is 5.87. The highest BCUT2D eigenvalue weighted by Gasteiger charge is 2.15. The van der Waals surface area contributed by atoms with E-state index in [0.29, 0.717) is 10.7 Å². The van der Waals surface area contributed by atoms with Gasteiger partial charge >= 0.3 is 6.61 Å². The fourth-order valence-corrected chi connectivity index (χ4v) is 2.62. The van der Waals surface area contributed by atoms with Crippen LogP contribution in [-0.4, -0.2) is 19.1 Å². The van der Waals surface area contributed by atoms with Gasteiger partial charge in [0.05, 0.1) is 17.3 Å². The molecule has 2 aromatic carbocycles. The maximum Gasteiger partial charge on any atom is 0.387 e. The summed E-state index contributed by atoms with van der Waals surface area (Å²) in [5, 5.41) is 3.01. The monoisotopic (exact) mass is 419 g/mol. The Balaban J connectivity index is 2.23. The lowest BCUT2D eigenvalue weighted by molar-refractivity contribution is -0.0514. The minimum Gasteiger partial charge on any atom is -0.490 e. The fourth-order valence-electron chi connectivity index (χ4n) is 1.90. The van der Waals surface area contributed by atoms with Crippen molar-refractivity contribution in [2.45, 2.75) is 13.5 Å². The van der Waals surface area contributed by atoms with Crippen LogP contribution in [0.15, 0.2) is 40.9 Å². The van der Waals surface area contributed by atoms with E-state index >= 15 is 0 Å². The van der Waals surface area contributed by atoms with Gasteiger partial charge in [0.2, 0.25) is 0 Å². The first-order valence-electron chi connectivity index (χ1n) is 6.88. The van der Waals surface area contributed by atoms with Gasteiger partial charge in [-0.3, -0.25) is 4.79 Å². The molecule has 1 N–H and O–H groups in total. The van der Waals surface area contributed by atoms with E-state index in [1.54, 1.807) is 25.1 Å². The van der Waals surface area contributed by atoms with Crippen LogP contribution in [0.4, 0.5) is 14.5 Å². The molecule has 0 atom stereocenters. The Hall–Kier alpha value is -1.86. The number of nitrogens with one attached hydrogen (secondary N) is 1. The number of ether oxygens (including phenoxy) is 2. The molecule has 0 aliphatic rings. The van der Waals surface area contributed by atoms with Crippen LogP contribution in [-0.2, 0) is 0 Å². The topological polar surface area (TPSA) is 47.6 Å². The molecule has 24 heavy (non-hydrogen) atoms. The zero-order valence-corrected chi connectivity index (χ0v) is 14.8. The second-order valence-electron chi connectivity index (χ2n) is 4.55. The van der Waals surface area contributed by atoms with Crippen molar-refractivity contribution in [3.8, 4) is 11.5 Å². The number of amides is 1. The first-order chi connectivity index (χ1) is 11.4. The first-order valence-corrected chi connectivity index (χ1v) is 8.06. The average molecular weight is 421 g/mol. The van der Waals surface area contributed by atoms with Gasteiger partial charge in [0, 0.05) is 10.0 Å². The summed E-state index contributed by atoms with van der Waals surface area (Å²) in [7, 11) is 0. The quantitative estimate of drug-likeness (QED) is 0.685. The number of rotatable bonds is 6. The van der Waals surface area contributed by atoms with Crippen LogP contribution < -0.4 is 14.8 Å². The van der Waals surface area contributed by atoms with E-state index in [1.807, 2.05) is 0 Å². The van der Waals surface area contributed by atoms with E-state index < -0.39 is 12.5 Å². The number of hydrogen-bond donors (Lipinski definition) is 1. The SMILES string of the molecule is CCOc1cc(C(=O)Nc2ccc(Br)cc2Cl)ccc1OC(F)F. The maximum absolute atomic E-state index is 12.4. The number of carbonyl (C=O) groups excluding carboxylic acids is 1. The van der Waals surface area contributed by atoms with Crippen LogP contribution in [0.25, 0.3) is 0 Å². The number of anilines is 1. The summed E-state index contributed by atoms with van der Waals surface area (Å²) in [6, 6.07) is 8.97. The third-order valence-electron chi connectivity index (χ3n) is 2.90. The lowest BCUT2D eigenvalue weighted by Gasteiger charge is -2.13. The molecule has 0 aromatic heterocycles. The largest absolute Gasteiger partial charge is 0.490 e. The predicted molar refractivity (Wildman–Crippen MR) is 91.3 cm³/mol. The third-order valence-corrected chi connectivity index (χ3v) is 3.71. The minimum atomic E-state index is -2.98. The standard InChI is InChI=1S/C16H13BrClF2NO3/c1-2-23-14-7-9(3-6-13(14)24-16(19)20)15(22)21-12-5-4-10(17)8-11(12)18/h3-8,16H,2H2,1H3,(H,21,22). The minimum absolute atomic E-state index is 0.0624. The molecule has 8 heteroatoms. The maximum atomic E-state index is 12.4. The van der Waals surface area contributed by atoms with Crippen molar-refractivity contribution in [3.05, 3.63) is 51.5 Å². The van der Waals surface area contributed by atoms with Crippen molar-refractivity contribution < 1.29 is 23.0 Å². The lowest BCUT2D eigenvalue weighted by Crippen LogP contribution is -2.13. The molecular formula is C16H13BrClF2NO3. The second kappa shape index (κ2) is 8.30. The molecule has 0 radical (unpaired) electrons. The predicted octanol–water partition coefficient (Wildman–Crippen LogP) is 5.35. The van der Waals surface area contributed by atoms with Crippen LogP contribution >= 0.6 is 27.5 Å². The van der Waals surface area contributed by atoms with E-state index in [9.17, 15) is 13.6 Å². The van der Waals surface area contributed by atoms with Gasteiger partial charge in [0.1, 0.15) is 0 Å². The Morgan fingerprint density at radius 3 is 2.62 bits per heavy atom. The Bertz CT molecular complexity index is 743. The van der Waals surface area contributed by atoms with Crippen LogP contribution in [0, 0.1) is 0 Å². The van der Waals surface area contributed by atoms with Crippen LogP contribution in [0.5, 0.6) is 11.5 Å². The van der Waals surface area contributed by atoms with Crippen molar-refractivity contribution in [1.29, 1.82) is 0 Å². The van der Waals surface area contributed by atoms with Gasteiger partial charge in [0.15, 0.2) is 11.5 Å². The third kappa shape index (κ3) is 4.82. The molecule has 2 aromatic rings. The molecule has 0 saturated carbocycles. The summed E-state index contributed by atoms with van der Waals surface area (Å²) in [4.78, 5) is 12.3. The molecule has 128 valence electrons. The van der Waals surface area contributed by atoms with Crippen LogP contribution in [0.2, 0.25) is 5.02 Å². The molecule has 1 amide bonds. The van der Waals surface area contributed by atoms with Gasteiger partial charge in [-0.15, -0.1) is 0 Å². The highest BCUT2D eigenvalue weighted by molar-refractivity contribution is 9.10. The summed E-state index contributed by atoms with van der Waals surface area (Å²) in [6.45, 7) is -1.05. The molecule has 0 saturated heterocycles. The van der Waals surface area contributed by atoms with E-state index in [2.05, 4.69) is 26.0 Å². The smallest absolute Gasteiger partial charge is 0.387 e. The summed E-state index contributed by atoms with van der Waals surface area (Å²) >= 11 is 9.32. The normalized spacial score (nSPS) is 10.6. The molecule has 0 spiro atoms. The summed E-state index contributed by atoms with van der Waals surface area (Å²) in [5.41, 5.74) is 0.648. The van der Waals surface area contributed by atoms with E-state index in [0.717, 1.165) is 4.47 Å². The molecule has 2 rings (SSSR count).